The van der Waals surface area contributed by atoms with Crippen LogP contribution in [-0.4, -0.2) is 15.9 Å². The van der Waals surface area contributed by atoms with E-state index < -0.39 is 5.92 Å². The van der Waals surface area contributed by atoms with Gasteiger partial charge < -0.3 is 11.1 Å². The normalized spacial score (nSPS) is 12.1. The molecule has 1 heterocycles. The number of nitrogens with zero attached hydrogens (tertiary/aromatic N) is 1. The number of thiazole rings is 1. The lowest BCUT2D eigenvalue weighted by Crippen LogP contribution is -2.30. The van der Waals surface area contributed by atoms with Crippen molar-refractivity contribution < 1.29 is 4.79 Å². The molecule has 0 radical (unpaired) electrons. The Morgan fingerprint density at radius 2 is 2.54 bits per heavy atom. The van der Waals surface area contributed by atoms with E-state index in [2.05, 4.69) is 10.3 Å². The van der Waals surface area contributed by atoms with Crippen molar-refractivity contribution in [2.45, 2.75) is 6.92 Å². The summed E-state index contributed by atoms with van der Waals surface area (Å²) in [7, 11) is 0. The Hall–Kier alpha value is -1.01. The molecular formula is C7H9N3OS2. The van der Waals surface area contributed by atoms with Crippen LogP contribution in [0.4, 0.5) is 5.13 Å². The SMILES string of the molecule is CC(C(=O)Nc1nccs1)C(N)=S. The van der Waals surface area contributed by atoms with Crippen molar-refractivity contribution in [2.75, 3.05) is 5.32 Å². The summed E-state index contributed by atoms with van der Waals surface area (Å²) < 4.78 is 0. The maximum Gasteiger partial charge on any atom is 0.235 e. The highest BCUT2D eigenvalue weighted by Crippen LogP contribution is 2.11. The molecule has 0 aromatic carbocycles. The van der Waals surface area contributed by atoms with Crippen LogP contribution in [0.5, 0.6) is 0 Å². The van der Waals surface area contributed by atoms with Crippen LogP contribution in [0.3, 0.4) is 0 Å². The lowest BCUT2D eigenvalue weighted by Gasteiger charge is -2.07. The Morgan fingerprint density at radius 1 is 1.85 bits per heavy atom. The van der Waals surface area contributed by atoms with Crippen LogP contribution < -0.4 is 11.1 Å². The lowest BCUT2D eigenvalue weighted by molar-refractivity contribution is -0.117. The second-order valence-electron chi connectivity index (χ2n) is 2.45. The van der Waals surface area contributed by atoms with Gasteiger partial charge >= 0.3 is 0 Å². The van der Waals surface area contributed by atoms with Gasteiger partial charge in [0.2, 0.25) is 5.91 Å². The summed E-state index contributed by atoms with van der Waals surface area (Å²) in [5, 5.41) is 4.95. The smallest absolute Gasteiger partial charge is 0.235 e. The first-order valence-electron chi connectivity index (χ1n) is 3.61. The molecule has 0 fully saturated rings. The summed E-state index contributed by atoms with van der Waals surface area (Å²) in [4.78, 5) is 15.4. The molecule has 1 aromatic rings. The minimum atomic E-state index is -0.459. The minimum absolute atomic E-state index is 0.189. The number of carbonyl (C=O) groups excluding carboxylic acids is 1. The Balaban J connectivity index is 2.56. The van der Waals surface area contributed by atoms with Crippen LogP contribution in [0.1, 0.15) is 6.92 Å². The zero-order valence-electron chi connectivity index (χ0n) is 6.98. The molecule has 0 spiro atoms. The number of nitrogens with one attached hydrogen (secondary N) is 1. The van der Waals surface area contributed by atoms with Crippen molar-refractivity contribution in [3.63, 3.8) is 0 Å². The number of carbonyl (C=O) groups is 1. The van der Waals surface area contributed by atoms with Gasteiger partial charge in [0.1, 0.15) is 0 Å². The van der Waals surface area contributed by atoms with E-state index in [1.807, 2.05) is 0 Å². The third-order valence-electron chi connectivity index (χ3n) is 1.48. The van der Waals surface area contributed by atoms with Gasteiger partial charge in [-0.25, -0.2) is 4.98 Å². The summed E-state index contributed by atoms with van der Waals surface area (Å²) in [6.07, 6.45) is 1.62. The van der Waals surface area contributed by atoms with E-state index in [-0.39, 0.29) is 10.9 Å². The van der Waals surface area contributed by atoms with Gasteiger partial charge in [-0.3, -0.25) is 4.79 Å². The molecule has 1 unspecified atom stereocenters. The molecule has 0 bridgehead atoms. The average Bonchev–Trinajstić information content (AvgIpc) is 2.55. The molecule has 0 aliphatic rings. The molecule has 1 amide bonds. The highest BCUT2D eigenvalue weighted by Gasteiger charge is 2.15. The largest absolute Gasteiger partial charge is 0.393 e. The molecule has 1 rings (SSSR count). The Labute approximate surface area is 85.2 Å². The third-order valence-corrected chi connectivity index (χ3v) is 2.52. The quantitative estimate of drug-likeness (QED) is 0.738. The molecule has 13 heavy (non-hydrogen) atoms. The first-order valence-corrected chi connectivity index (χ1v) is 4.89. The van der Waals surface area contributed by atoms with Crippen molar-refractivity contribution in [3.05, 3.63) is 11.6 Å². The molecule has 0 aliphatic carbocycles. The summed E-state index contributed by atoms with van der Waals surface area (Å²) >= 11 is 6.04. The summed E-state index contributed by atoms with van der Waals surface area (Å²) in [6.45, 7) is 1.66. The molecule has 3 N–H and O–H groups in total. The van der Waals surface area contributed by atoms with E-state index in [1.165, 1.54) is 11.3 Å². The van der Waals surface area contributed by atoms with Gasteiger partial charge in [0.25, 0.3) is 0 Å². The maximum atomic E-state index is 11.3. The first-order chi connectivity index (χ1) is 6.11. The number of aromatic nitrogens is 1. The fraction of sp³-hybridized carbons (Fsp3) is 0.286. The standard InChI is InChI=1S/C7H9N3OS2/c1-4(5(8)12)6(11)10-7-9-2-3-13-7/h2-4H,1H3,(H2,8,12)(H,9,10,11). The fourth-order valence-corrected chi connectivity index (χ4v) is 1.27. The molecule has 0 saturated carbocycles. The Kier molecular flexibility index (Phi) is 3.32. The number of amides is 1. The summed E-state index contributed by atoms with van der Waals surface area (Å²) in [5.74, 6) is -0.679. The highest BCUT2D eigenvalue weighted by atomic mass is 32.1. The molecule has 0 aliphatic heterocycles. The lowest BCUT2D eigenvalue weighted by atomic mass is 10.2. The number of hydrogen-bond acceptors (Lipinski definition) is 4. The van der Waals surface area contributed by atoms with Crippen LogP contribution in [0.25, 0.3) is 0 Å². The Morgan fingerprint density at radius 3 is 3.00 bits per heavy atom. The third kappa shape index (κ3) is 2.74. The zero-order valence-corrected chi connectivity index (χ0v) is 8.61. The summed E-state index contributed by atoms with van der Waals surface area (Å²) in [5.41, 5.74) is 5.32. The van der Waals surface area contributed by atoms with E-state index in [4.69, 9.17) is 18.0 Å². The molecular weight excluding hydrogens is 206 g/mol. The predicted octanol–water partition coefficient (Wildman–Crippen LogP) is 1.00. The molecule has 1 aromatic heterocycles. The van der Waals surface area contributed by atoms with Gasteiger partial charge in [-0.15, -0.1) is 11.3 Å². The number of rotatable bonds is 3. The molecule has 0 saturated heterocycles. The van der Waals surface area contributed by atoms with E-state index in [0.29, 0.717) is 5.13 Å². The molecule has 6 heteroatoms. The number of anilines is 1. The zero-order chi connectivity index (χ0) is 9.84. The molecule has 4 nitrogen and oxygen atoms in total. The average molecular weight is 215 g/mol. The first kappa shape index (κ1) is 10.1. The van der Waals surface area contributed by atoms with Crippen molar-refractivity contribution in [1.29, 1.82) is 0 Å². The van der Waals surface area contributed by atoms with Gasteiger partial charge in [-0.1, -0.05) is 12.2 Å². The van der Waals surface area contributed by atoms with Gasteiger partial charge in [0.05, 0.1) is 10.9 Å². The minimum Gasteiger partial charge on any atom is -0.393 e. The second kappa shape index (κ2) is 4.29. The van der Waals surface area contributed by atoms with Crippen LogP contribution >= 0.6 is 23.6 Å². The maximum absolute atomic E-state index is 11.3. The van der Waals surface area contributed by atoms with Gasteiger partial charge in [-0.05, 0) is 6.92 Å². The van der Waals surface area contributed by atoms with Crippen molar-refractivity contribution in [2.24, 2.45) is 11.7 Å². The molecule has 1 atom stereocenters. The second-order valence-corrected chi connectivity index (χ2v) is 3.82. The van der Waals surface area contributed by atoms with E-state index >= 15 is 0 Å². The van der Waals surface area contributed by atoms with Gasteiger partial charge in [-0.2, -0.15) is 0 Å². The van der Waals surface area contributed by atoms with E-state index in [0.717, 1.165) is 0 Å². The Bertz CT molecular complexity index is 310. The van der Waals surface area contributed by atoms with Crippen molar-refractivity contribution in [3.8, 4) is 0 Å². The van der Waals surface area contributed by atoms with E-state index in [9.17, 15) is 4.79 Å². The fourth-order valence-electron chi connectivity index (χ4n) is 0.628. The van der Waals surface area contributed by atoms with Crippen LogP contribution in [0.15, 0.2) is 11.6 Å². The van der Waals surface area contributed by atoms with Gasteiger partial charge in [0.15, 0.2) is 5.13 Å². The van der Waals surface area contributed by atoms with Crippen LogP contribution in [0.2, 0.25) is 0 Å². The predicted molar refractivity (Wildman–Crippen MR) is 56.7 cm³/mol. The van der Waals surface area contributed by atoms with E-state index in [1.54, 1.807) is 18.5 Å². The monoisotopic (exact) mass is 215 g/mol. The van der Waals surface area contributed by atoms with Gasteiger partial charge in [0, 0.05) is 11.6 Å². The summed E-state index contributed by atoms with van der Waals surface area (Å²) in [6, 6.07) is 0. The highest BCUT2D eigenvalue weighted by molar-refractivity contribution is 7.80. The number of hydrogen-bond donors (Lipinski definition) is 2. The van der Waals surface area contributed by atoms with Crippen molar-refractivity contribution in [1.82, 2.24) is 4.98 Å². The topological polar surface area (TPSA) is 68.0 Å². The van der Waals surface area contributed by atoms with Crippen LogP contribution in [-0.2, 0) is 4.79 Å². The van der Waals surface area contributed by atoms with Crippen LogP contribution in [0, 0.1) is 5.92 Å². The number of thiocarbonyl (C=S) groups is 1. The van der Waals surface area contributed by atoms with Crippen molar-refractivity contribution >= 4 is 39.6 Å². The number of nitrogens with two attached hydrogens (primary N) is 1. The molecule has 70 valence electrons.